The summed E-state index contributed by atoms with van der Waals surface area (Å²) in [6, 6.07) is 46.4. The molecule has 0 saturated heterocycles. The Morgan fingerprint density at radius 3 is 1.30 bits per heavy atom. The van der Waals surface area contributed by atoms with Crippen molar-refractivity contribution in [3.05, 3.63) is 184 Å². The van der Waals surface area contributed by atoms with E-state index in [9.17, 15) is 0 Å². The highest BCUT2D eigenvalue weighted by molar-refractivity contribution is 6.13. The number of hydrogen-bond acceptors (Lipinski definition) is 2. The molecule has 7 aromatic carbocycles. The van der Waals surface area contributed by atoms with Crippen LogP contribution in [0.5, 0.6) is 0 Å². The fraction of sp³-hybridized carbons (Fsp3) is 0.145. The Hall–Kier alpha value is -7.29. The molecule has 0 fully saturated rings. The molecule has 5 heteroatoms. The van der Waals surface area contributed by atoms with Crippen molar-refractivity contribution >= 4 is 49.3 Å². The van der Waals surface area contributed by atoms with Crippen LogP contribution >= 0.6 is 0 Å². The summed E-state index contributed by atoms with van der Waals surface area (Å²) in [4.78, 5) is 14.1. The first kappa shape index (κ1) is 37.0. The van der Waals surface area contributed by atoms with Crippen LogP contribution in [0.15, 0.2) is 127 Å². The summed E-state index contributed by atoms with van der Waals surface area (Å²) >= 11 is 0. The third kappa shape index (κ3) is 5.82. The highest BCUT2D eigenvalue weighted by atomic mass is 15.1. The predicted octanol–water partition coefficient (Wildman–Crippen LogP) is 14.7. The van der Waals surface area contributed by atoms with Crippen LogP contribution in [0, 0.1) is 62.0 Å². The summed E-state index contributed by atoms with van der Waals surface area (Å²) < 4.78 is 4.78. The fourth-order valence-electron chi connectivity index (χ4n) is 10.1. The van der Waals surface area contributed by atoms with Gasteiger partial charge in [0.25, 0.3) is 0 Å². The Labute approximate surface area is 351 Å². The van der Waals surface area contributed by atoms with Crippen LogP contribution < -0.4 is 0 Å². The number of hydrogen-bond donors (Lipinski definition) is 0. The van der Waals surface area contributed by atoms with E-state index in [1.54, 1.807) is 0 Å². The molecule has 60 heavy (non-hydrogen) atoms. The second-order valence-electron chi connectivity index (χ2n) is 16.7. The Balaban J connectivity index is 1.37. The lowest BCUT2D eigenvalue weighted by molar-refractivity contribution is 1.06. The van der Waals surface area contributed by atoms with Gasteiger partial charge in [0, 0.05) is 38.5 Å². The summed E-state index contributed by atoms with van der Waals surface area (Å²) in [6.45, 7) is 25.8. The van der Waals surface area contributed by atoms with Crippen molar-refractivity contribution in [2.24, 2.45) is 0 Å². The van der Waals surface area contributed by atoms with E-state index in [4.69, 9.17) is 16.5 Å². The zero-order valence-corrected chi connectivity index (χ0v) is 35.4. The fourth-order valence-corrected chi connectivity index (χ4v) is 10.1. The number of fused-ring (bicyclic) bond motifs is 6. The molecule has 0 aliphatic heterocycles. The van der Waals surface area contributed by atoms with Gasteiger partial charge in [-0.15, -0.1) is 0 Å². The van der Waals surface area contributed by atoms with Gasteiger partial charge in [0.2, 0.25) is 0 Å². The highest BCUT2D eigenvalue weighted by Gasteiger charge is 2.24. The molecule has 0 amide bonds. The minimum Gasteiger partial charge on any atom is -0.308 e. The summed E-state index contributed by atoms with van der Waals surface area (Å²) in [5.74, 6) is 0.550. The van der Waals surface area contributed by atoms with Crippen molar-refractivity contribution in [2.75, 3.05) is 0 Å². The third-order valence-corrected chi connectivity index (χ3v) is 12.2. The van der Waals surface area contributed by atoms with Crippen molar-refractivity contribution in [1.29, 1.82) is 0 Å². The molecule has 0 aliphatic rings. The molecule has 0 spiro atoms. The summed E-state index contributed by atoms with van der Waals surface area (Å²) in [5.41, 5.74) is 21.5. The quantitative estimate of drug-likeness (QED) is 0.163. The van der Waals surface area contributed by atoms with Crippen molar-refractivity contribution < 1.29 is 0 Å². The SMILES string of the molecule is [C-]#[N+]c1cc(-n2c3ccccc3c3ccc(-c4c(C)cc(C)cc4C)cc32)c(-n2c3ccccc3c3ccc(-c4c(C)cc(C)cc4C)cc32)cc1-c1nc(C)cc(C)n1. The third-order valence-electron chi connectivity index (χ3n) is 12.2. The van der Waals surface area contributed by atoms with Crippen LogP contribution in [-0.4, -0.2) is 19.1 Å². The molecule has 10 rings (SSSR count). The Kier molecular flexibility index (Phi) is 8.59. The average Bonchev–Trinajstić information content (AvgIpc) is 3.71. The molecular formula is C55H45N5. The van der Waals surface area contributed by atoms with E-state index in [2.05, 4.69) is 177 Å². The molecule has 0 N–H and O–H groups in total. The van der Waals surface area contributed by atoms with Gasteiger partial charge < -0.3 is 9.13 Å². The first-order valence-electron chi connectivity index (χ1n) is 20.6. The second-order valence-corrected chi connectivity index (χ2v) is 16.7. The van der Waals surface area contributed by atoms with Crippen molar-refractivity contribution in [2.45, 2.75) is 55.4 Å². The standard InChI is InChI=1S/C55H45N5/c1-31-22-33(3)53(34(4)23-31)39-18-20-43-41-14-10-12-16-47(41)59(49(43)27-39)51-29-45(55-57-37(7)26-38(8)58-55)46(56-9)30-52(51)60-48-17-13-11-15-42(48)44-21-19-40(28-50(44)60)54-35(5)24-32(2)25-36(54)6/h10-30H,1-8H3. The molecule has 10 aromatic rings. The van der Waals surface area contributed by atoms with Gasteiger partial charge in [-0.2, -0.15) is 0 Å². The van der Waals surface area contributed by atoms with Gasteiger partial charge in [-0.3, -0.25) is 0 Å². The Morgan fingerprint density at radius 2 is 0.850 bits per heavy atom. The molecular weight excluding hydrogens is 731 g/mol. The normalized spacial score (nSPS) is 11.7. The second kappa shape index (κ2) is 13.9. The van der Waals surface area contributed by atoms with Gasteiger partial charge in [0.15, 0.2) is 5.69 Å². The Morgan fingerprint density at radius 1 is 0.433 bits per heavy atom. The lowest BCUT2D eigenvalue weighted by Crippen LogP contribution is -2.05. The molecule has 3 heterocycles. The summed E-state index contributed by atoms with van der Waals surface area (Å²) in [6.07, 6.45) is 0. The largest absolute Gasteiger partial charge is 0.308 e. The molecule has 3 aromatic heterocycles. The van der Waals surface area contributed by atoms with E-state index in [1.807, 2.05) is 19.9 Å². The minimum atomic E-state index is 0.499. The molecule has 290 valence electrons. The topological polar surface area (TPSA) is 40.0 Å². The highest BCUT2D eigenvalue weighted by Crippen LogP contribution is 2.44. The van der Waals surface area contributed by atoms with E-state index in [-0.39, 0.29) is 0 Å². The van der Waals surface area contributed by atoms with Gasteiger partial charge in [-0.1, -0.05) is 96.1 Å². The van der Waals surface area contributed by atoms with Crippen molar-refractivity contribution in [1.82, 2.24) is 19.1 Å². The molecule has 5 nitrogen and oxygen atoms in total. The van der Waals surface area contributed by atoms with E-state index < -0.39 is 0 Å². The maximum atomic E-state index is 8.64. The van der Waals surface area contributed by atoms with Gasteiger partial charge in [-0.05, 0) is 142 Å². The van der Waals surface area contributed by atoms with Crippen LogP contribution in [-0.2, 0) is 0 Å². The van der Waals surface area contributed by atoms with Crippen LogP contribution in [0.2, 0.25) is 0 Å². The smallest absolute Gasteiger partial charge is 0.200 e. The number of aromatic nitrogens is 4. The van der Waals surface area contributed by atoms with E-state index in [1.165, 1.54) is 55.6 Å². The zero-order valence-electron chi connectivity index (χ0n) is 35.4. The lowest BCUT2D eigenvalue weighted by atomic mass is 9.93. The molecule has 0 saturated carbocycles. The molecule has 0 aliphatic carbocycles. The van der Waals surface area contributed by atoms with Crippen molar-refractivity contribution in [3.8, 4) is 45.0 Å². The van der Waals surface area contributed by atoms with E-state index in [0.29, 0.717) is 17.1 Å². The summed E-state index contributed by atoms with van der Waals surface area (Å²) in [7, 11) is 0. The number of benzene rings is 7. The number of nitrogens with zero attached hydrogens (tertiary/aromatic N) is 5. The summed E-state index contributed by atoms with van der Waals surface area (Å²) in [5, 5.41) is 4.64. The van der Waals surface area contributed by atoms with Crippen LogP contribution in [0.25, 0.3) is 93.5 Å². The van der Waals surface area contributed by atoms with E-state index >= 15 is 0 Å². The lowest BCUT2D eigenvalue weighted by Gasteiger charge is -2.20. The molecule has 0 radical (unpaired) electrons. The average molecular weight is 776 g/mol. The first-order chi connectivity index (χ1) is 29.0. The Bertz CT molecular complexity index is 3410. The van der Waals surface area contributed by atoms with Crippen molar-refractivity contribution in [3.63, 3.8) is 0 Å². The number of rotatable bonds is 5. The first-order valence-corrected chi connectivity index (χ1v) is 20.6. The van der Waals surface area contributed by atoms with Crippen LogP contribution in [0.3, 0.4) is 0 Å². The zero-order chi connectivity index (χ0) is 41.6. The van der Waals surface area contributed by atoms with Crippen LogP contribution in [0.1, 0.15) is 44.8 Å². The minimum absolute atomic E-state index is 0.499. The van der Waals surface area contributed by atoms with Gasteiger partial charge in [-0.25, -0.2) is 14.8 Å². The van der Waals surface area contributed by atoms with Gasteiger partial charge in [0.05, 0.1) is 40.0 Å². The van der Waals surface area contributed by atoms with Crippen LogP contribution in [0.4, 0.5) is 5.69 Å². The number of para-hydroxylation sites is 2. The number of aryl methyl sites for hydroxylation is 8. The monoisotopic (exact) mass is 775 g/mol. The maximum absolute atomic E-state index is 8.64. The maximum Gasteiger partial charge on any atom is 0.200 e. The molecule has 0 atom stereocenters. The van der Waals surface area contributed by atoms with Gasteiger partial charge >= 0.3 is 0 Å². The molecule has 0 bridgehead atoms. The van der Waals surface area contributed by atoms with Gasteiger partial charge in [0.1, 0.15) is 5.82 Å². The molecule has 0 unspecified atom stereocenters. The predicted molar refractivity (Wildman–Crippen MR) is 251 cm³/mol. The van der Waals surface area contributed by atoms with E-state index in [0.717, 1.165) is 66.4 Å².